The van der Waals surface area contributed by atoms with E-state index in [1.807, 2.05) is 61.5 Å². The van der Waals surface area contributed by atoms with E-state index in [1.165, 1.54) is 0 Å². The molecule has 0 aliphatic carbocycles. The fraction of sp³-hybridized carbons (Fsp3) is 0.185. The molecule has 0 bridgehead atoms. The van der Waals surface area contributed by atoms with E-state index in [1.54, 1.807) is 29.2 Å². The van der Waals surface area contributed by atoms with Gasteiger partial charge < -0.3 is 19.4 Å². The van der Waals surface area contributed by atoms with Crippen LogP contribution in [0, 0.1) is 12.8 Å². The zero-order chi connectivity index (χ0) is 24.2. The summed E-state index contributed by atoms with van der Waals surface area (Å²) >= 11 is 0. The van der Waals surface area contributed by atoms with Gasteiger partial charge in [0.2, 0.25) is 17.7 Å². The highest BCUT2D eigenvalue weighted by Crippen LogP contribution is 2.27. The predicted octanol–water partition coefficient (Wildman–Crippen LogP) is 4.62. The molecule has 0 radical (unpaired) electrons. The lowest BCUT2D eigenvalue weighted by molar-refractivity contribution is -0.122. The number of aromatic nitrogens is 2. The summed E-state index contributed by atoms with van der Waals surface area (Å²) in [4.78, 5) is 26.9. The van der Waals surface area contributed by atoms with Gasteiger partial charge in [0.1, 0.15) is 5.75 Å². The van der Waals surface area contributed by atoms with Crippen LogP contribution in [0.5, 0.6) is 5.75 Å². The summed E-state index contributed by atoms with van der Waals surface area (Å²) in [6.45, 7) is 2.49. The zero-order valence-corrected chi connectivity index (χ0v) is 19.2. The summed E-state index contributed by atoms with van der Waals surface area (Å²) in [7, 11) is 0. The number of hydrogen-bond acceptors (Lipinski definition) is 6. The summed E-state index contributed by atoms with van der Waals surface area (Å²) in [5.74, 6) is 0.772. The van der Waals surface area contributed by atoms with Crippen LogP contribution in [0.25, 0.3) is 11.5 Å². The van der Waals surface area contributed by atoms with Crippen molar-refractivity contribution in [3.63, 3.8) is 0 Å². The second-order valence-corrected chi connectivity index (χ2v) is 8.41. The Labute approximate surface area is 202 Å². The number of aryl methyl sites for hydroxylation is 1. The number of ether oxygens (including phenoxy) is 1. The van der Waals surface area contributed by atoms with Crippen LogP contribution in [-0.2, 0) is 16.2 Å². The fourth-order valence-electron chi connectivity index (χ4n) is 3.89. The molecule has 1 aliphatic heterocycles. The van der Waals surface area contributed by atoms with Gasteiger partial charge in [0.05, 0.1) is 5.92 Å². The second kappa shape index (κ2) is 9.80. The molecule has 8 nitrogen and oxygen atoms in total. The predicted molar refractivity (Wildman–Crippen MR) is 131 cm³/mol. The third-order valence-corrected chi connectivity index (χ3v) is 5.81. The van der Waals surface area contributed by atoms with Crippen molar-refractivity contribution in [1.82, 2.24) is 10.2 Å². The van der Waals surface area contributed by atoms with Gasteiger partial charge in [-0.3, -0.25) is 9.59 Å². The third kappa shape index (κ3) is 5.22. The van der Waals surface area contributed by atoms with Crippen LogP contribution in [0.3, 0.4) is 0 Å². The highest BCUT2D eigenvalue weighted by molar-refractivity contribution is 6.03. The van der Waals surface area contributed by atoms with Gasteiger partial charge in [0.15, 0.2) is 6.61 Å². The van der Waals surface area contributed by atoms with Gasteiger partial charge in [-0.2, -0.15) is 0 Å². The first-order valence-electron chi connectivity index (χ1n) is 11.3. The van der Waals surface area contributed by atoms with Crippen LogP contribution in [0.15, 0.2) is 83.3 Å². The molecular weight excluding hydrogens is 444 g/mol. The number of carbonyl (C=O) groups excluding carboxylic acids is 2. The molecule has 1 atom stereocenters. The Morgan fingerprint density at radius 1 is 1.03 bits per heavy atom. The van der Waals surface area contributed by atoms with Gasteiger partial charge in [-0.15, -0.1) is 10.2 Å². The van der Waals surface area contributed by atoms with Crippen LogP contribution in [-0.4, -0.2) is 28.6 Å². The fourth-order valence-corrected chi connectivity index (χ4v) is 3.89. The Bertz CT molecular complexity index is 1320. The van der Waals surface area contributed by atoms with Crippen molar-refractivity contribution in [2.24, 2.45) is 5.92 Å². The van der Waals surface area contributed by atoms with Gasteiger partial charge in [-0.05, 0) is 55.5 Å². The Morgan fingerprint density at radius 2 is 1.77 bits per heavy atom. The number of hydrogen-bond donors (Lipinski definition) is 1. The van der Waals surface area contributed by atoms with E-state index in [0.717, 1.165) is 16.8 Å². The number of rotatable bonds is 7. The second-order valence-electron chi connectivity index (χ2n) is 8.41. The van der Waals surface area contributed by atoms with Crippen LogP contribution in [0.1, 0.15) is 17.9 Å². The smallest absolute Gasteiger partial charge is 0.254 e. The number of carbonyl (C=O) groups is 2. The van der Waals surface area contributed by atoms with Crippen molar-refractivity contribution in [1.29, 1.82) is 0 Å². The Balaban J connectivity index is 1.14. The normalized spacial score (nSPS) is 15.3. The summed E-state index contributed by atoms with van der Waals surface area (Å²) in [6.07, 6.45) is 0.191. The SMILES string of the molecule is Cc1ccc(N2C[C@H](C(=O)Nc3ccc(OCc4nnc(-c5ccccc5)o4)cc3)CC2=O)cc1. The van der Waals surface area contributed by atoms with Crippen molar-refractivity contribution in [2.45, 2.75) is 20.0 Å². The lowest BCUT2D eigenvalue weighted by Crippen LogP contribution is -2.28. The van der Waals surface area contributed by atoms with Crippen LogP contribution in [0.2, 0.25) is 0 Å². The van der Waals surface area contributed by atoms with Crippen molar-refractivity contribution in [3.05, 3.63) is 90.3 Å². The minimum absolute atomic E-state index is 0.0470. The standard InChI is InChI=1S/C27H24N4O4/c1-18-7-11-22(12-8-18)31-16-20(15-25(31)32)26(33)28-21-9-13-23(14-10-21)34-17-24-29-30-27(35-24)19-5-3-2-4-6-19/h2-14,20H,15-17H2,1H3,(H,28,33)/t20-/m1/s1. The molecule has 5 rings (SSSR count). The maximum atomic E-state index is 12.8. The largest absolute Gasteiger partial charge is 0.484 e. The van der Waals surface area contributed by atoms with E-state index in [4.69, 9.17) is 9.15 Å². The molecule has 1 fully saturated rings. The third-order valence-electron chi connectivity index (χ3n) is 5.81. The molecule has 4 aromatic rings. The highest BCUT2D eigenvalue weighted by atomic mass is 16.5. The molecule has 1 N–H and O–H groups in total. The molecule has 35 heavy (non-hydrogen) atoms. The lowest BCUT2D eigenvalue weighted by atomic mass is 10.1. The van der Waals surface area contributed by atoms with Gasteiger partial charge in [0.25, 0.3) is 5.89 Å². The molecule has 176 valence electrons. The van der Waals surface area contributed by atoms with Crippen LogP contribution >= 0.6 is 0 Å². The van der Waals surface area contributed by atoms with Gasteiger partial charge in [0, 0.05) is 29.9 Å². The summed E-state index contributed by atoms with van der Waals surface area (Å²) in [5.41, 5.74) is 3.41. The molecule has 8 heteroatoms. The number of nitrogens with zero attached hydrogens (tertiary/aromatic N) is 3. The molecule has 3 aromatic carbocycles. The van der Waals surface area contributed by atoms with Crippen molar-refractivity contribution in [3.8, 4) is 17.2 Å². The van der Waals surface area contributed by atoms with Crippen molar-refractivity contribution >= 4 is 23.2 Å². The minimum atomic E-state index is -0.406. The monoisotopic (exact) mass is 468 g/mol. The molecule has 2 heterocycles. The van der Waals surface area contributed by atoms with Gasteiger partial charge >= 0.3 is 0 Å². The van der Waals surface area contributed by atoms with Crippen LogP contribution < -0.4 is 15.0 Å². The average molecular weight is 469 g/mol. The first kappa shape index (κ1) is 22.3. The van der Waals surface area contributed by atoms with Crippen LogP contribution in [0.4, 0.5) is 11.4 Å². The Hall–Kier alpha value is -4.46. The van der Waals surface area contributed by atoms with E-state index in [9.17, 15) is 9.59 Å². The average Bonchev–Trinajstić information content (AvgIpc) is 3.52. The zero-order valence-electron chi connectivity index (χ0n) is 19.2. The van der Waals surface area contributed by atoms with E-state index in [0.29, 0.717) is 29.8 Å². The van der Waals surface area contributed by atoms with Gasteiger partial charge in [-0.25, -0.2) is 0 Å². The molecule has 2 amide bonds. The number of anilines is 2. The first-order chi connectivity index (χ1) is 17.0. The van der Waals surface area contributed by atoms with E-state index in [-0.39, 0.29) is 24.8 Å². The van der Waals surface area contributed by atoms with Crippen molar-refractivity contribution < 1.29 is 18.7 Å². The molecule has 0 unspecified atom stereocenters. The first-order valence-corrected chi connectivity index (χ1v) is 11.3. The molecular formula is C27H24N4O4. The summed E-state index contributed by atoms with van der Waals surface area (Å²) < 4.78 is 11.4. The highest BCUT2D eigenvalue weighted by Gasteiger charge is 2.35. The van der Waals surface area contributed by atoms with E-state index < -0.39 is 5.92 Å². The molecule has 0 spiro atoms. The van der Waals surface area contributed by atoms with Gasteiger partial charge in [-0.1, -0.05) is 35.9 Å². The number of benzene rings is 3. The maximum absolute atomic E-state index is 12.8. The summed E-state index contributed by atoms with van der Waals surface area (Å²) in [6, 6.07) is 24.3. The van der Waals surface area contributed by atoms with E-state index >= 15 is 0 Å². The molecule has 1 aromatic heterocycles. The maximum Gasteiger partial charge on any atom is 0.254 e. The number of nitrogens with one attached hydrogen (secondary N) is 1. The minimum Gasteiger partial charge on any atom is -0.484 e. The molecule has 1 saturated heterocycles. The quantitative estimate of drug-likeness (QED) is 0.425. The lowest BCUT2D eigenvalue weighted by Gasteiger charge is -2.17. The molecule has 1 aliphatic rings. The number of amides is 2. The Morgan fingerprint density at radius 3 is 2.51 bits per heavy atom. The summed E-state index contributed by atoms with van der Waals surface area (Å²) in [5, 5.41) is 11.0. The molecule has 0 saturated carbocycles. The van der Waals surface area contributed by atoms with E-state index in [2.05, 4.69) is 15.5 Å². The topological polar surface area (TPSA) is 97.6 Å². The van der Waals surface area contributed by atoms with Crippen molar-refractivity contribution in [2.75, 3.05) is 16.8 Å². The Kier molecular flexibility index (Phi) is 6.26.